The smallest absolute Gasteiger partial charge is 0.305 e. The topological polar surface area (TPSA) is 671 Å². The van der Waals surface area contributed by atoms with E-state index >= 15 is 24.0 Å². The van der Waals surface area contributed by atoms with Gasteiger partial charge >= 0.3 is 11.9 Å². The number of aromatic nitrogens is 1. The standard InChI is InChI=1S/C92H127N19O23S/c1-47(2)36-63-82(124)99-61(34-35-93)81(123)102-66(37-52-18-12-10-13-19-52)87(129)109-77(49(5)6)90(132)110-78(51(8)112)91(133)107-70(80(122)97-44-72(95)115)45-135-46-73(116)98-68(41-71(94)114)85(127)103-64(39-54-26-30-58(113)31-27-54)84(126)105-69(42-75(119)120)86(128)104-67(40-57-43-96-60-23-17-16-22-59(57)60)88(130)108-76(48(3)4)89(131)106-65(38-53-24-28-56(29-25-53)55-20-14-11-15-21-55)83(125)100-62(32-33-74(117)118)92(134)111(9)50(7)79(121)101-63/h11,14-17,20-31,43,47-52,61-70,76-78,96,112-113H,10,12-13,18-19,32-42,44-46,93H2,1-9H3,(H2,94,114)(H2,95,115)(H,97,122)(H,98,116)(H,99,124)(H,100,125)(H,101,121)(H,102,123)(H,103,127)(H,104,128)(H,105,126)(H,106,131)(H,107,133)(H,108,130)(H,109,129)(H,110,132)(H,117,118)(H,119,120)/t50-,51?,61-,62-,63+,64-,65-,66-,67-,68-,69-,70?,76-,77-,78-/m0/s1. The first-order valence-electron chi connectivity index (χ1n) is 44.8. The number of aliphatic hydroxyl groups is 1. The molecule has 0 spiro atoms. The van der Waals surface area contributed by atoms with E-state index in [4.69, 9.17) is 17.2 Å². The summed E-state index contributed by atoms with van der Waals surface area (Å²) in [5.41, 5.74) is 20.2. The molecule has 2 heterocycles. The number of hydrogen-bond acceptors (Lipinski definition) is 23. The van der Waals surface area contributed by atoms with Crippen LogP contribution in [0.4, 0.5) is 0 Å². The van der Waals surface area contributed by atoms with Crippen LogP contribution in [0, 0.1) is 23.7 Å². The molecule has 1 aliphatic heterocycles. The average molecular weight is 1900 g/mol. The van der Waals surface area contributed by atoms with Crippen LogP contribution in [0.15, 0.2) is 109 Å². The summed E-state index contributed by atoms with van der Waals surface area (Å²) in [6.45, 7) is 11.0. The molecule has 135 heavy (non-hydrogen) atoms. The number of carboxylic acids is 2. The van der Waals surface area contributed by atoms with Gasteiger partial charge in [0.2, 0.25) is 100 Å². The quantitative estimate of drug-likeness (QED) is 0.0295. The average Bonchev–Trinajstić information content (AvgIpc) is 1.71. The number of nitrogens with zero attached hydrogens (tertiary/aromatic N) is 1. The van der Waals surface area contributed by atoms with E-state index in [0.29, 0.717) is 46.6 Å². The molecule has 1 saturated heterocycles. The molecule has 17 amide bonds. The Morgan fingerprint density at radius 3 is 1.50 bits per heavy atom. The van der Waals surface area contributed by atoms with Crippen LogP contribution in [0.5, 0.6) is 5.75 Å². The number of hydrogen-bond donors (Lipinski definition) is 22. The van der Waals surface area contributed by atoms with Crippen LogP contribution in [-0.4, -0.2) is 265 Å². The van der Waals surface area contributed by atoms with Gasteiger partial charge in [-0.3, -0.25) is 91.1 Å². The number of carboxylic acid groups (broad SMARTS) is 2. The molecule has 43 heteroatoms. The van der Waals surface area contributed by atoms with Gasteiger partial charge in [-0.2, -0.15) is 0 Å². The van der Waals surface area contributed by atoms with E-state index in [1.54, 1.807) is 62.4 Å². The summed E-state index contributed by atoms with van der Waals surface area (Å²) in [6.07, 6.45) is -1.65. The molecule has 7 rings (SSSR count). The Balaban J connectivity index is 1.32. The van der Waals surface area contributed by atoms with Crippen LogP contribution in [0.3, 0.4) is 0 Å². The van der Waals surface area contributed by atoms with Crippen LogP contribution >= 0.6 is 11.8 Å². The molecule has 2 unspecified atom stereocenters. The van der Waals surface area contributed by atoms with Gasteiger partial charge in [0.15, 0.2) is 0 Å². The summed E-state index contributed by atoms with van der Waals surface area (Å²) in [7, 11) is 1.18. The fourth-order valence-electron chi connectivity index (χ4n) is 15.4. The summed E-state index contributed by atoms with van der Waals surface area (Å²) in [4.78, 5) is 275. The van der Waals surface area contributed by atoms with Crippen molar-refractivity contribution < 1.29 is 112 Å². The van der Waals surface area contributed by atoms with Crippen molar-refractivity contribution in [2.24, 2.45) is 40.9 Å². The van der Waals surface area contributed by atoms with E-state index in [1.165, 1.54) is 72.1 Å². The second-order valence-corrected chi connectivity index (χ2v) is 36.1. The second kappa shape index (κ2) is 52.8. The maximum atomic E-state index is 15.3. The molecule has 0 bridgehead atoms. The third-order valence-electron chi connectivity index (χ3n) is 23.0. The lowest BCUT2D eigenvalue weighted by molar-refractivity contribution is -0.143. The molecule has 0 radical (unpaired) electrons. The van der Waals surface area contributed by atoms with Crippen molar-refractivity contribution >= 4 is 135 Å². The van der Waals surface area contributed by atoms with Crippen molar-refractivity contribution in [1.29, 1.82) is 0 Å². The lowest BCUT2D eigenvalue weighted by Gasteiger charge is -2.32. The maximum absolute atomic E-state index is 15.3. The molecule has 734 valence electrons. The van der Waals surface area contributed by atoms with Crippen LogP contribution in [0.25, 0.3) is 22.0 Å². The first kappa shape index (κ1) is 108. The normalized spacial score (nSPS) is 24.1. The first-order valence-corrected chi connectivity index (χ1v) is 46.0. The van der Waals surface area contributed by atoms with Gasteiger partial charge in [0.1, 0.15) is 90.3 Å². The molecule has 25 N–H and O–H groups in total. The van der Waals surface area contributed by atoms with E-state index < -0.39 is 271 Å². The number of aliphatic carboxylic acids is 2. The Morgan fingerprint density at radius 1 is 0.481 bits per heavy atom. The highest BCUT2D eigenvalue weighted by atomic mass is 32.2. The number of phenols is 1. The fourth-order valence-corrected chi connectivity index (χ4v) is 16.3. The van der Waals surface area contributed by atoms with Crippen molar-refractivity contribution in [1.82, 2.24) is 84.3 Å². The summed E-state index contributed by atoms with van der Waals surface area (Å²) >= 11 is 0.611. The highest BCUT2D eigenvalue weighted by molar-refractivity contribution is 8.00. The number of amides is 17. The van der Waals surface area contributed by atoms with Crippen molar-refractivity contribution in [2.75, 3.05) is 31.6 Å². The van der Waals surface area contributed by atoms with Crippen molar-refractivity contribution in [2.45, 2.75) is 242 Å². The summed E-state index contributed by atoms with van der Waals surface area (Å²) in [6, 6.07) is 3.89. The van der Waals surface area contributed by atoms with Crippen LogP contribution in [-0.2, 0) is 110 Å². The number of thioether (sulfide) groups is 1. The summed E-state index contributed by atoms with van der Waals surface area (Å²) in [5.74, 6) is -25.3. The lowest BCUT2D eigenvalue weighted by Crippen LogP contribution is -2.62. The van der Waals surface area contributed by atoms with Crippen molar-refractivity contribution in [3.63, 3.8) is 0 Å². The monoisotopic (exact) mass is 1900 g/mol. The minimum Gasteiger partial charge on any atom is -0.508 e. The van der Waals surface area contributed by atoms with Gasteiger partial charge < -0.3 is 122 Å². The van der Waals surface area contributed by atoms with Crippen LogP contribution in [0.1, 0.15) is 149 Å². The van der Waals surface area contributed by atoms with Crippen molar-refractivity contribution in [3.8, 4) is 16.9 Å². The number of rotatable bonds is 26. The number of aliphatic hydroxyl groups excluding tert-OH is 1. The molecule has 2 aliphatic rings. The van der Waals surface area contributed by atoms with Crippen LogP contribution in [0.2, 0.25) is 0 Å². The molecule has 4 aromatic carbocycles. The third kappa shape index (κ3) is 34.4. The zero-order valence-corrected chi connectivity index (χ0v) is 77.7. The van der Waals surface area contributed by atoms with Gasteiger partial charge in [0.25, 0.3) is 0 Å². The Labute approximate surface area is 784 Å². The maximum Gasteiger partial charge on any atom is 0.305 e. The molecule has 2 fully saturated rings. The Bertz CT molecular complexity index is 5010. The van der Waals surface area contributed by atoms with E-state index in [0.717, 1.165) is 42.2 Å². The SMILES string of the molecule is CC(C)C[C@H]1NC(=O)[C@H](C)N(C)C(=O)[C@H](CCC(=O)O)NC(=O)[C@H](Cc2ccc(-c3ccccc3)cc2)NC(=O)[C@H](C(C)C)NC(=O)[C@H](Cc2c[nH]c3ccccc23)NC(=O)[C@H](CC(=O)O)NC(=O)[C@H](Cc2ccc(O)cc2)NC(=O)[C@H](CC(N)=O)NC(=O)CSCC(C(=O)NCC(N)=O)NC(=O)[C@H](C(C)O)NC(=O)[C@H](C(C)C)NC(=O)[C@H](CC2CCCCC2)NC(=O)[C@H](CCN)NC1=O. The molecular formula is C92H127N19O23S. The number of aromatic amines is 1. The molecule has 1 saturated carbocycles. The molecule has 5 aromatic rings. The molecule has 1 aromatic heterocycles. The minimum absolute atomic E-state index is 0.0203. The van der Waals surface area contributed by atoms with Gasteiger partial charge in [-0.15, -0.1) is 11.8 Å². The molecule has 1 aliphatic carbocycles. The Kier molecular flexibility index (Phi) is 42.4. The number of likely N-dealkylation sites (N-methyl/N-ethyl adjacent to an activating group) is 1. The number of primary amides is 2. The number of para-hydroxylation sites is 1. The van der Waals surface area contributed by atoms with Gasteiger partial charge in [0.05, 0.1) is 31.2 Å². The third-order valence-corrected chi connectivity index (χ3v) is 24.0. The summed E-state index contributed by atoms with van der Waals surface area (Å²) < 4.78 is 0. The molecule has 42 nitrogen and oxygen atoms in total. The first-order chi connectivity index (χ1) is 63.9. The summed E-state index contributed by atoms with van der Waals surface area (Å²) in [5, 5.41) is 77.8. The zero-order valence-electron chi connectivity index (χ0n) is 76.9. The fraction of sp³-hybridized carbons (Fsp3) is 0.511. The van der Waals surface area contributed by atoms with E-state index in [1.807, 2.05) is 30.3 Å². The number of fused-ring (bicyclic) bond motifs is 1. The van der Waals surface area contributed by atoms with Crippen molar-refractivity contribution in [3.05, 3.63) is 126 Å². The minimum atomic E-state index is -2.14. The Morgan fingerprint density at radius 2 is 0.948 bits per heavy atom. The molecular weight excluding hydrogens is 1770 g/mol. The highest BCUT2D eigenvalue weighted by Gasteiger charge is 2.42. The Hall–Kier alpha value is -13.6. The van der Waals surface area contributed by atoms with Gasteiger partial charge in [-0.25, -0.2) is 0 Å². The van der Waals surface area contributed by atoms with Gasteiger partial charge in [0, 0.05) is 55.6 Å². The number of H-pyrrole nitrogens is 1. The number of phenolic OH excluding ortho intramolecular Hbond substituents is 1. The largest absolute Gasteiger partial charge is 0.508 e. The molecule has 15 atom stereocenters. The highest BCUT2D eigenvalue weighted by Crippen LogP contribution is 2.29. The second-order valence-electron chi connectivity index (χ2n) is 35.0. The number of nitrogens with two attached hydrogens (primary N) is 3. The lowest BCUT2D eigenvalue weighted by atomic mass is 9.84. The number of carbonyl (C=O) groups is 19. The number of carbonyl (C=O) groups excluding carboxylic acids is 17. The predicted octanol–water partition coefficient (Wildman–Crippen LogP) is -1.66. The number of aromatic hydroxyl groups is 1. The zero-order chi connectivity index (χ0) is 99.6. The number of benzene rings is 4. The number of nitrogens with one attached hydrogen (secondary N) is 15. The van der Waals surface area contributed by atoms with E-state index in [2.05, 4.69) is 79.4 Å². The van der Waals surface area contributed by atoms with Gasteiger partial charge in [-0.05, 0) is 116 Å². The predicted molar refractivity (Wildman–Crippen MR) is 495 cm³/mol. The van der Waals surface area contributed by atoms with E-state index in [-0.39, 0.29) is 55.4 Å². The van der Waals surface area contributed by atoms with Gasteiger partial charge in [-0.1, -0.05) is 159 Å². The van der Waals surface area contributed by atoms with E-state index in [9.17, 15) is 87.5 Å². The van der Waals surface area contributed by atoms with Crippen LogP contribution < -0.4 is 91.6 Å².